The lowest BCUT2D eigenvalue weighted by atomic mass is 10.2. The number of phenols is 1. The molecule has 0 aliphatic heterocycles. The molecule has 3 N–H and O–H groups in total. The summed E-state index contributed by atoms with van der Waals surface area (Å²) in [5.74, 6) is -0.292. The van der Waals surface area contributed by atoms with Crippen LogP contribution in [0.1, 0.15) is 23.2 Å². The van der Waals surface area contributed by atoms with Crippen LogP contribution in [0.3, 0.4) is 0 Å². The van der Waals surface area contributed by atoms with Gasteiger partial charge in [0.05, 0.1) is 12.2 Å². The molecule has 0 atom stereocenters. The SMILES string of the molecule is O=C(O)Cl.O=C(OCCCCO)c1ccc(O)cc1. The molecule has 1 aromatic carbocycles. The summed E-state index contributed by atoms with van der Waals surface area (Å²) in [4.78, 5) is 20.1. The van der Waals surface area contributed by atoms with Crippen LogP contribution in [0.25, 0.3) is 0 Å². The van der Waals surface area contributed by atoms with Crippen molar-refractivity contribution in [3.63, 3.8) is 0 Å². The van der Waals surface area contributed by atoms with Gasteiger partial charge < -0.3 is 20.1 Å². The van der Waals surface area contributed by atoms with Crippen LogP contribution in [0.2, 0.25) is 0 Å². The number of carbonyl (C=O) groups excluding carboxylic acids is 1. The van der Waals surface area contributed by atoms with E-state index in [0.717, 1.165) is 0 Å². The van der Waals surface area contributed by atoms with Crippen molar-refractivity contribution in [2.24, 2.45) is 0 Å². The van der Waals surface area contributed by atoms with Crippen LogP contribution in [0.15, 0.2) is 24.3 Å². The van der Waals surface area contributed by atoms with Crippen LogP contribution < -0.4 is 0 Å². The standard InChI is InChI=1S/C11H14O4.CHClO2/c12-7-1-2-8-15-11(14)9-3-5-10(13)6-4-9;2-1(3)4/h3-6,12-13H,1-2,7-8H2;(H,3,4). The second-order valence-electron chi connectivity index (χ2n) is 3.37. The highest BCUT2D eigenvalue weighted by Gasteiger charge is 2.05. The van der Waals surface area contributed by atoms with E-state index >= 15 is 0 Å². The fourth-order valence-electron chi connectivity index (χ4n) is 1.06. The third-order valence-electron chi connectivity index (χ3n) is 1.89. The Morgan fingerprint density at radius 3 is 2.16 bits per heavy atom. The summed E-state index contributed by atoms with van der Waals surface area (Å²) in [5, 5.41) is 24.7. The Hall–Kier alpha value is -1.79. The second kappa shape index (κ2) is 10.2. The summed E-state index contributed by atoms with van der Waals surface area (Å²) in [6.45, 7) is 0.414. The topological polar surface area (TPSA) is 104 Å². The Morgan fingerprint density at radius 2 is 1.68 bits per heavy atom. The van der Waals surface area contributed by atoms with Crippen LogP contribution >= 0.6 is 11.6 Å². The fraction of sp³-hybridized carbons (Fsp3) is 0.333. The van der Waals surface area contributed by atoms with Crippen molar-refractivity contribution in [3.05, 3.63) is 29.8 Å². The molecule has 0 saturated heterocycles. The van der Waals surface area contributed by atoms with Gasteiger partial charge in [-0.05, 0) is 37.1 Å². The Morgan fingerprint density at radius 1 is 1.16 bits per heavy atom. The molecular formula is C12H15ClO6. The minimum absolute atomic E-state index is 0.108. The van der Waals surface area contributed by atoms with Gasteiger partial charge in [-0.3, -0.25) is 0 Å². The first-order chi connectivity index (χ1) is 8.97. The third-order valence-corrected chi connectivity index (χ3v) is 1.89. The maximum atomic E-state index is 11.4. The minimum Gasteiger partial charge on any atom is -0.508 e. The van der Waals surface area contributed by atoms with E-state index in [2.05, 4.69) is 11.6 Å². The number of phenolic OH excluding ortho intramolecular Hbond substituents is 1. The van der Waals surface area contributed by atoms with E-state index in [0.29, 0.717) is 25.0 Å². The molecule has 1 aromatic rings. The molecule has 0 spiro atoms. The second-order valence-corrected chi connectivity index (χ2v) is 3.69. The number of aromatic hydroxyl groups is 1. The number of carbonyl (C=O) groups is 2. The number of ether oxygens (including phenoxy) is 1. The predicted octanol–water partition coefficient (Wildman–Crippen LogP) is 2.22. The third kappa shape index (κ3) is 9.87. The number of carboxylic acid groups (broad SMARTS) is 1. The van der Waals surface area contributed by atoms with Gasteiger partial charge in [0, 0.05) is 18.2 Å². The summed E-state index contributed by atoms with van der Waals surface area (Å²) in [6.07, 6.45) is 1.28. The molecule has 1 rings (SSSR count). The maximum absolute atomic E-state index is 11.4. The van der Waals surface area contributed by atoms with Crippen molar-refractivity contribution >= 4 is 23.0 Å². The van der Waals surface area contributed by atoms with Crippen molar-refractivity contribution < 1.29 is 29.6 Å². The average Bonchev–Trinajstić information content (AvgIpc) is 2.34. The number of unbranched alkanes of at least 4 members (excludes halogenated alkanes) is 1. The lowest BCUT2D eigenvalue weighted by molar-refractivity contribution is 0.0492. The molecule has 7 heteroatoms. The quantitative estimate of drug-likeness (QED) is 0.436. The first-order valence-corrected chi connectivity index (χ1v) is 5.80. The smallest absolute Gasteiger partial charge is 0.401 e. The van der Waals surface area contributed by atoms with E-state index < -0.39 is 11.4 Å². The monoisotopic (exact) mass is 290 g/mol. The fourth-order valence-corrected chi connectivity index (χ4v) is 1.06. The van der Waals surface area contributed by atoms with Gasteiger partial charge in [0.15, 0.2) is 0 Å². The molecule has 0 heterocycles. The van der Waals surface area contributed by atoms with Crippen LogP contribution in [-0.4, -0.2) is 39.9 Å². The minimum atomic E-state index is -1.36. The average molecular weight is 291 g/mol. The van der Waals surface area contributed by atoms with Crippen LogP contribution in [0.5, 0.6) is 5.75 Å². The van der Waals surface area contributed by atoms with E-state index in [4.69, 9.17) is 24.9 Å². The van der Waals surface area contributed by atoms with Gasteiger partial charge in [0.1, 0.15) is 5.75 Å². The normalized spacial score (nSPS) is 9.16. The van der Waals surface area contributed by atoms with E-state index in [1.54, 1.807) is 0 Å². The zero-order valence-electron chi connectivity index (χ0n) is 10.1. The lowest BCUT2D eigenvalue weighted by Gasteiger charge is -2.03. The first-order valence-electron chi connectivity index (χ1n) is 5.42. The number of aliphatic hydroxyl groups excluding tert-OH is 1. The highest BCUT2D eigenvalue weighted by molar-refractivity contribution is 6.60. The van der Waals surface area contributed by atoms with Gasteiger partial charge in [-0.2, -0.15) is 0 Å². The Kier molecular flexibility index (Phi) is 9.20. The molecule has 0 aromatic heterocycles. The summed E-state index contributed by atoms with van der Waals surface area (Å²) < 4.78 is 4.94. The van der Waals surface area contributed by atoms with Gasteiger partial charge in [-0.25, -0.2) is 9.59 Å². The molecular weight excluding hydrogens is 276 g/mol. The molecule has 19 heavy (non-hydrogen) atoms. The van der Waals surface area contributed by atoms with E-state index in [9.17, 15) is 4.79 Å². The van der Waals surface area contributed by atoms with Crippen LogP contribution in [0, 0.1) is 0 Å². The van der Waals surface area contributed by atoms with Crippen molar-refractivity contribution in [3.8, 4) is 5.75 Å². The molecule has 106 valence electrons. The molecule has 0 aliphatic carbocycles. The number of esters is 1. The van der Waals surface area contributed by atoms with Crippen molar-refractivity contribution in [1.29, 1.82) is 0 Å². The Labute approximate surface area is 115 Å². The zero-order chi connectivity index (χ0) is 14.7. The number of hydrogen-bond acceptors (Lipinski definition) is 5. The predicted molar refractivity (Wildman–Crippen MR) is 68.6 cm³/mol. The lowest BCUT2D eigenvalue weighted by Crippen LogP contribution is -2.06. The molecule has 0 bridgehead atoms. The number of benzene rings is 1. The van der Waals surface area contributed by atoms with Crippen molar-refractivity contribution in [2.75, 3.05) is 13.2 Å². The van der Waals surface area contributed by atoms with Gasteiger partial charge in [-0.15, -0.1) is 0 Å². The highest BCUT2D eigenvalue weighted by Crippen LogP contribution is 2.10. The van der Waals surface area contributed by atoms with Gasteiger partial charge in [-0.1, -0.05) is 0 Å². The van der Waals surface area contributed by atoms with E-state index in [1.165, 1.54) is 24.3 Å². The number of hydrogen-bond donors (Lipinski definition) is 3. The van der Waals surface area contributed by atoms with E-state index in [-0.39, 0.29) is 12.4 Å². The molecule has 0 fully saturated rings. The zero-order valence-corrected chi connectivity index (χ0v) is 10.8. The van der Waals surface area contributed by atoms with Crippen molar-refractivity contribution in [1.82, 2.24) is 0 Å². The summed E-state index contributed by atoms with van der Waals surface area (Å²) >= 11 is 4.19. The first kappa shape index (κ1) is 17.2. The van der Waals surface area contributed by atoms with Crippen LogP contribution in [0.4, 0.5) is 4.79 Å². The van der Waals surface area contributed by atoms with Crippen molar-refractivity contribution in [2.45, 2.75) is 12.8 Å². The Balaban J connectivity index is 0.000000711. The largest absolute Gasteiger partial charge is 0.508 e. The van der Waals surface area contributed by atoms with Crippen LogP contribution in [-0.2, 0) is 4.74 Å². The number of rotatable bonds is 5. The summed E-state index contributed by atoms with van der Waals surface area (Å²) in [7, 11) is 0. The molecule has 0 saturated carbocycles. The highest BCUT2D eigenvalue weighted by atomic mass is 35.5. The van der Waals surface area contributed by atoms with Gasteiger partial charge in [0.2, 0.25) is 0 Å². The molecule has 0 amide bonds. The van der Waals surface area contributed by atoms with Gasteiger partial charge in [0.25, 0.3) is 0 Å². The molecule has 6 nitrogen and oxygen atoms in total. The molecule has 0 aliphatic rings. The number of aliphatic hydroxyl groups is 1. The van der Waals surface area contributed by atoms with Gasteiger partial charge >= 0.3 is 11.4 Å². The summed E-state index contributed by atoms with van der Waals surface area (Å²) in [5.41, 5.74) is -0.947. The maximum Gasteiger partial charge on any atom is 0.401 e. The van der Waals surface area contributed by atoms with E-state index in [1.807, 2.05) is 0 Å². The molecule has 0 unspecified atom stereocenters. The summed E-state index contributed by atoms with van der Waals surface area (Å²) in [6, 6.07) is 5.88. The number of halogens is 1. The Bertz CT molecular complexity index is 386. The molecule has 0 radical (unpaired) electrons.